The lowest BCUT2D eigenvalue weighted by Crippen LogP contribution is -2.36. The van der Waals surface area contributed by atoms with Gasteiger partial charge in [-0.3, -0.25) is 4.79 Å². The number of hydrogen-bond acceptors (Lipinski definition) is 2. The molecule has 3 nitrogen and oxygen atoms in total. The van der Waals surface area contributed by atoms with E-state index in [1.54, 1.807) is 0 Å². The summed E-state index contributed by atoms with van der Waals surface area (Å²) < 4.78 is 0. The number of aliphatic carboxylic acids is 1. The molecule has 0 aromatic carbocycles. The molecular weight excluding hydrogens is 214 g/mol. The van der Waals surface area contributed by atoms with E-state index in [4.69, 9.17) is 5.11 Å². The van der Waals surface area contributed by atoms with Crippen molar-refractivity contribution in [2.75, 3.05) is 6.54 Å². The molecule has 0 radical (unpaired) electrons. The Morgan fingerprint density at radius 2 is 1.65 bits per heavy atom. The third-order valence-electron chi connectivity index (χ3n) is 4.50. The van der Waals surface area contributed by atoms with Crippen molar-refractivity contribution in [1.29, 1.82) is 0 Å². The highest BCUT2D eigenvalue weighted by Gasteiger charge is 2.26. The molecule has 0 aromatic rings. The second-order valence-corrected chi connectivity index (χ2v) is 5.80. The minimum Gasteiger partial charge on any atom is -0.481 e. The maximum Gasteiger partial charge on any atom is 0.306 e. The van der Waals surface area contributed by atoms with E-state index in [0.717, 1.165) is 38.3 Å². The molecule has 0 unspecified atom stereocenters. The summed E-state index contributed by atoms with van der Waals surface area (Å²) >= 11 is 0. The first-order valence-corrected chi connectivity index (χ1v) is 7.22. The van der Waals surface area contributed by atoms with E-state index in [0.29, 0.717) is 5.92 Å². The lowest BCUT2D eigenvalue weighted by atomic mass is 9.82. The molecule has 2 aliphatic carbocycles. The highest BCUT2D eigenvalue weighted by atomic mass is 16.4. The number of nitrogens with one attached hydrogen (secondary N) is 1. The molecule has 2 rings (SSSR count). The van der Waals surface area contributed by atoms with Crippen LogP contribution in [-0.4, -0.2) is 23.7 Å². The molecule has 2 fully saturated rings. The number of carboxylic acids is 1. The summed E-state index contributed by atoms with van der Waals surface area (Å²) in [6.45, 7) is 1.11. The number of carbonyl (C=O) groups is 1. The standard InChI is InChI=1S/C14H25NO2/c16-14(17)12-8-6-11(7-9-12)10-15-13-4-2-1-3-5-13/h11-13,15H,1-10H2,(H,16,17). The van der Waals surface area contributed by atoms with Gasteiger partial charge in [0.25, 0.3) is 0 Å². The summed E-state index contributed by atoms with van der Waals surface area (Å²) in [5, 5.41) is 12.6. The SMILES string of the molecule is O=C(O)C1CCC(CNC2CCCCC2)CC1. The lowest BCUT2D eigenvalue weighted by Gasteiger charge is -2.29. The molecule has 2 N–H and O–H groups in total. The fourth-order valence-electron chi connectivity index (χ4n) is 3.25. The summed E-state index contributed by atoms with van der Waals surface area (Å²) in [5.41, 5.74) is 0. The van der Waals surface area contributed by atoms with Gasteiger partial charge < -0.3 is 10.4 Å². The molecule has 0 atom stereocenters. The predicted molar refractivity (Wildman–Crippen MR) is 68.0 cm³/mol. The molecule has 2 aliphatic rings. The predicted octanol–water partition coefficient (Wildman–Crippen LogP) is 2.80. The normalized spacial score (nSPS) is 31.3. The van der Waals surface area contributed by atoms with Crippen molar-refractivity contribution in [3.8, 4) is 0 Å². The van der Waals surface area contributed by atoms with Gasteiger partial charge in [0.05, 0.1) is 5.92 Å². The van der Waals surface area contributed by atoms with Crippen molar-refractivity contribution < 1.29 is 9.90 Å². The second-order valence-electron chi connectivity index (χ2n) is 5.80. The average molecular weight is 239 g/mol. The Balaban J connectivity index is 1.62. The third kappa shape index (κ3) is 3.98. The van der Waals surface area contributed by atoms with E-state index in [1.165, 1.54) is 32.1 Å². The van der Waals surface area contributed by atoms with Crippen molar-refractivity contribution in [1.82, 2.24) is 5.32 Å². The quantitative estimate of drug-likeness (QED) is 0.793. The molecule has 0 amide bonds. The summed E-state index contributed by atoms with van der Waals surface area (Å²) in [5.74, 6) is 0.0529. The summed E-state index contributed by atoms with van der Waals surface area (Å²) in [6.07, 6.45) is 10.8. The lowest BCUT2D eigenvalue weighted by molar-refractivity contribution is -0.143. The van der Waals surface area contributed by atoms with Gasteiger partial charge in [-0.05, 0) is 51.0 Å². The molecule has 17 heavy (non-hydrogen) atoms. The van der Waals surface area contributed by atoms with Gasteiger partial charge in [0.15, 0.2) is 0 Å². The van der Waals surface area contributed by atoms with Crippen LogP contribution in [0.5, 0.6) is 0 Å². The van der Waals surface area contributed by atoms with E-state index in [-0.39, 0.29) is 5.92 Å². The first-order chi connectivity index (χ1) is 8.25. The van der Waals surface area contributed by atoms with Crippen LogP contribution >= 0.6 is 0 Å². The molecule has 0 spiro atoms. The maximum atomic E-state index is 10.9. The molecular formula is C14H25NO2. The molecule has 3 heteroatoms. The number of hydrogen-bond donors (Lipinski definition) is 2. The summed E-state index contributed by atoms with van der Waals surface area (Å²) in [7, 11) is 0. The van der Waals surface area contributed by atoms with Crippen LogP contribution in [0.15, 0.2) is 0 Å². The Hall–Kier alpha value is -0.570. The first kappa shape index (κ1) is 12.9. The second kappa shape index (κ2) is 6.39. The van der Waals surface area contributed by atoms with Crippen molar-refractivity contribution in [3.05, 3.63) is 0 Å². The zero-order valence-electron chi connectivity index (χ0n) is 10.7. The number of rotatable bonds is 4. The highest BCUT2D eigenvalue weighted by Crippen LogP contribution is 2.29. The fourth-order valence-corrected chi connectivity index (χ4v) is 3.25. The van der Waals surface area contributed by atoms with Crippen LogP contribution in [0.4, 0.5) is 0 Å². The third-order valence-corrected chi connectivity index (χ3v) is 4.50. The minimum atomic E-state index is -0.594. The van der Waals surface area contributed by atoms with Crippen LogP contribution in [0.2, 0.25) is 0 Å². The molecule has 98 valence electrons. The Bertz CT molecular complexity index is 241. The van der Waals surface area contributed by atoms with Gasteiger partial charge in [-0.25, -0.2) is 0 Å². The van der Waals surface area contributed by atoms with Gasteiger partial charge in [-0.1, -0.05) is 19.3 Å². The fraction of sp³-hybridized carbons (Fsp3) is 0.929. The topological polar surface area (TPSA) is 49.3 Å². The van der Waals surface area contributed by atoms with Gasteiger partial charge >= 0.3 is 5.97 Å². The van der Waals surface area contributed by atoms with Crippen molar-refractivity contribution in [2.45, 2.75) is 63.8 Å². The van der Waals surface area contributed by atoms with E-state index in [9.17, 15) is 4.79 Å². The van der Waals surface area contributed by atoms with Crippen LogP contribution in [0.3, 0.4) is 0 Å². The van der Waals surface area contributed by atoms with E-state index in [2.05, 4.69) is 5.32 Å². The molecule has 0 bridgehead atoms. The van der Waals surface area contributed by atoms with Crippen LogP contribution in [0.1, 0.15) is 57.8 Å². The minimum absolute atomic E-state index is 0.0686. The smallest absolute Gasteiger partial charge is 0.306 e. The molecule has 0 aromatic heterocycles. The van der Waals surface area contributed by atoms with Crippen molar-refractivity contribution >= 4 is 5.97 Å². The Morgan fingerprint density at radius 3 is 2.24 bits per heavy atom. The highest BCUT2D eigenvalue weighted by molar-refractivity contribution is 5.69. The Morgan fingerprint density at radius 1 is 1.00 bits per heavy atom. The van der Waals surface area contributed by atoms with Gasteiger partial charge in [-0.2, -0.15) is 0 Å². The van der Waals surface area contributed by atoms with Crippen molar-refractivity contribution in [2.24, 2.45) is 11.8 Å². The van der Waals surface area contributed by atoms with Gasteiger partial charge in [0.1, 0.15) is 0 Å². The average Bonchev–Trinajstić information content (AvgIpc) is 2.38. The maximum absolute atomic E-state index is 10.9. The van der Waals surface area contributed by atoms with Crippen LogP contribution < -0.4 is 5.32 Å². The van der Waals surface area contributed by atoms with Crippen LogP contribution in [0, 0.1) is 11.8 Å². The zero-order chi connectivity index (χ0) is 12.1. The van der Waals surface area contributed by atoms with Gasteiger partial charge in [-0.15, -0.1) is 0 Å². The van der Waals surface area contributed by atoms with Gasteiger partial charge in [0.2, 0.25) is 0 Å². The molecule has 0 aliphatic heterocycles. The molecule has 2 saturated carbocycles. The Labute approximate surface area is 104 Å². The first-order valence-electron chi connectivity index (χ1n) is 7.22. The van der Waals surface area contributed by atoms with E-state index < -0.39 is 5.97 Å². The monoisotopic (exact) mass is 239 g/mol. The summed E-state index contributed by atoms with van der Waals surface area (Å²) in [4.78, 5) is 10.9. The van der Waals surface area contributed by atoms with Gasteiger partial charge in [0, 0.05) is 6.04 Å². The largest absolute Gasteiger partial charge is 0.481 e. The van der Waals surface area contributed by atoms with Crippen LogP contribution in [-0.2, 0) is 4.79 Å². The van der Waals surface area contributed by atoms with E-state index >= 15 is 0 Å². The molecule has 0 heterocycles. The Kier molecular flexibility index (Phi) is 4.84. The zero-order valence-corrected chi connectivity index (χ0v) is 10.7. The van der Waals surface area contributed by atoms with Crippen LogP contribution in [0.25, 0.3) is 0 Å². The number of carboxylic acid groups (broad SMARTS) is 1. The molecule has 0 saturated heterocycles. The van der Waals surface area contributed by atoms with E-state index in [1.807, 2.05) is 0 Å². The summed E-state index contributed by atoms with van der Waals surface area (Å²) in [6, 6.07) is 0.737. The van der Waals surface area contributed by atoms with Crippen molar-refractivity contribution in [3.63, 3.8) is 0 Å².